The highest BCUT2D eigenvalue weighted by Crippen LogP contribution is 2.15. The van der Waals surface area contributed by atoms with Gasteiger partial charge >= 0.3 is 6.03 Å². The number of rotatable bonds is 6. The maximum atomic E-state index is 12.2. The zero-order chi connectivity index (χ0) is 18.2. The summed E-state index contributed by atoms with van der Waals surface area (Å²) < 4.78 is 5.33. The molecule has 1 fully saturated rings. The molecule has 0 bridgehead atoms. The molecule has 7 nitrogen and oxygen atoms in total. The molecule has 1 atom stereocenters. The summed E-state index contributed by atoms with van der Waals surface area (Å²) in [5.41, 5.74) is 1.67. The fraction of sp³-hybridized carbons (Fsp3) is 0.368. The van der Waals surface area contributed by atoms with Crippen molar-refractivity contribution in [3.63, 3.8) is 0 Å². The number of amides is 2. The number of aliphatic hydroxyl groups is 1. The summed E-state index contributed by atoms with van der Waals surface area (Å²) in [6.07, 6.45) is 2.20. The Hall–Kier alpha value is -2.64. The van der Waals surface area contributed by atoms with Gasteiger partial charge in [0.25, 0.3) is 0 Å². The number of hydrogen-bond donors (Lipinski definition) is 3. The summed E-state index contributed by atoms with van der Waals surface area (Å²) in [5, 5.41) is 15.1. The van der Waals surface area contributed by atoms with Crippen LogP contribution in [0.25, 0.3) is 0 Å². The highest BCUT2D eigenvalue weighted by atomic mass is 16.5. The Balaban J connectivity index is 1.51. The molecule has 1 aliphatic heterocycles. The van der Waals surface area contributed by atoms with E-state index in [9.17, 15) is 9.90 Å². The molecule has 3 rings (SSSR count). The molecular weight excluding hydrogens is 332 g/mol. The number of nitrogens with zero attached hydrogens (tertiary/aromatic N) is 2. The standard InChI is InChI=1S/C19H24N4O3/c24-14-17(12-15-4-2-1-3-5-15)22-19(25)21-16-6-7-18(20-13-16)23-8-10-26-11-9-23/h1-7,13,17,24H,8-12,14H2,(H2,21,22,25). The molecule has 0 aliphatic carbocycles. The van der Waals surface area contributed by atoms with Crippen LogP contribution in [0.15, 0.2) is 48.7 Å². The predicted octanol–water partition coefficient (Wildman–Crippen LogP) is 1.64. The fourth-order valence-corrected chi connectivity index (χ4v) is 2.85. The lowest BCUT2D eigenvalue weighted by molar-refractivity contribution is 0.122. The molecule has 0 radical (unpaired) electrons. The van der Waals surface area contributed by atoms with E-state index in [0.717, 1.165) is 24.5 Å². The molecule has 2 heterocycles. The number of aromatic nitrogens is 1. The zero-order valence-electron chi connectivity index (χ0n) is 14.6. The van der Waals surface area contributed by atoms with Crippen molar-refractivity contribution in [3.05, 3.63) is 54.2 Å². The van der Waals surface area contributed by atoms with E-state index in [-0.39, 0.29) is 18.7 Å². The molecule has 1 aromatic carbocycles. The average molecular weight is 356 g/mol. The normalized spacial score (nSPS) is 15.3. The quantitative estimate of drug-likeness (QED) is 0.733. The number of urea groups is 1. The Morgan fingerprint density at radius 3 is 2.62 bits per heavy atom. The van der Waals surface area contributed by atoms with E-state index in [2.05, 4.69) is 20.5 Å². The van der Waals surface area contributed by atoms with E-state index in [4.69, 9.17) is 4.74 Å². The van der Waals surface area contributed by atoms with Crippen LogP contribution in [-0.4, -0.2) is 55.1 Å². The molecule has 2 aromatic rings. The number of carbonyl (C=O) groups is 1. The minimum Gasteiger partial charge on any atom is -0.394 e. The van der Waals surface area contributed by atoms with Crippen molar-refractivity contribution in [3.8, 4) is 0 Å². The first kappa shape index (κ1) is 18.2. The summed E-state index contributed by atoms with van der Waals surface area (Å²) in [7, 11) is 0. The minimum atomic E-state index is -0.360. The summed E-state index contributed by atoms with van der Waals surface area (Å²) in [6, 6.07) is 12.7. The van der Waals surface area contributed by atoms with Crippen molar-refractivity contribution in [2.24, 2.45) is 0 Å². The predicted molar refractivity (Wildman–Crippen MR) is 100 cm³/mol. The smallest absolute Gasteiger partial charge is 0.319 e. The van der Waals surface area contributed by atoms with Crippen LogP contribution in [0.3, 0.4) is 0 Å². The highest BCUT2D eigenvalue weighted by Gasteiger charge is 2.14. The monoisotopic (exact) mass is 356 g/mol. The number of aliphatic hydroxyl groups excluding tert-OH is 1. The van der Waals surface area contributed by atoms with E-state index in [0.29, 0.717) is 25.3 Å². The summed E-state index contributed by atoms with van der Waals surface area (Å²) >= 11 is 0. The summed E-state index contributed by atoms with van der Waals surface area (Å²) in [5.74, 6) is 0.872. The molecule has 1 aromatic heterocycles. The average Bonchev–Trinajstić information content (AvgIpc) is 2.69. The zero-order valence-corrected chi connectivity index (χ0v) is 14.6. The first-order chi connectivity index (χ1) is 12.7. The third-order valence-electron chi connectivity index (χ3n) is 4.22. The van der Waals surface area contributed by atoms with Gasteiger partial charge in [0, 0.05) is 13.1 Å². The number of carbonyl (C=O) groups excluding carboxylic acids is 1. The molecule has 0 saturated carbocycles. The summed E-state index contributed by atoms with van der Waals surface area (Å²) in [4.78, 5) is 18.7. The van der Waals surface area contributed by atoms with Gasteiger partial charge in [-0.15, -0.1) is 0 Å². The van der Waals surface area contributed by atoms with Crippen molar-refractivity contribution < 1.29 is 14.6 Å². The van der Waals surface area contributed by atoms with E-state index in [1.54, 1.807) is 6.20 Å². The van der Waals surface area contributed by atoms with E-state index >= 15 is 0 Å². The molecule has 26 heavy (non-hydrogen) atoms. The molecule has 1 unspecified atom stereocenters. The second-order valence-electron chi connectivity index (χ2n) is 6.17. The third kappa shape index (κ3) is 5.18. The van der Waals surface area contributed by atoms with Gasteiger partial charge in [-0.1, -0.05) is 30.3 Å². The lowest BCUT2D eigenvalue weighted by atomic mass is 10.1. The van der Waals surface area contributed by atoms with Crippen LogP contribution >= 0.6 is 0 Å². The molecule has 0 spiro atoms. The molecule has 2 amide bonds. The van der Waals surface area contributed by atoms with Crippen molar-refractivity contribution in [2.45, 2.75) is 12.5 Å². The molecule has 1 saturated heterocycles. The van der Waals surface area contributed by atoms with Crippen LogP contribution in [0.2, 0.25) is 0 Å². The number of morpholine rings is 1. The van der Waals surface area contributed by atoms with Gasteiger partial charge in [0.2, 0.25) is 0 Å². The molecule has 3 N–H and O–H groups in total. The second-order valence-corrected chi connectivity index (χ2v) is 6.17. The van der Waals surface area contributed by atoms with Crippen molar-refractivity contribution in [1.82, 2.24) is 10.3 Å². The van der Waals surface area contributed by atoms with E-state index in [1.807, 2.05) is 42.5 Å². The van der Waals surface area contributed by atoms with Crippen LogP contribution in [0.4, 0.5) is 16.3 Å². The van der Waals surface area contributed by atoms with Crippen LogP contribution in [0.1, 0.15) is 5.56 Å². The number of benzene rings is 1. The van der Waals surface area contributed by atoms with Gasteiger partial charge in [0.1, 0.15) is 5.82 Å². The molecular formula is C19H24N4O3. The van der Waals surface area contributed by atoms with Crippen LogP contribution in [0, 0.1) is 0 Å². The second kappa shape index (κ2) is 9.17. The first-order valence-electron chi connectivity index (χ1n) is 8.75. The van der Waals surface area contributed by atoms with Crippen molar-refractivity contribution in [2.75, 3.05) is 43.1 Å². The largest absolute Gasteiger partial charge is 0.394 e. The Labute approximate surface area is 153 Å². The lowest BCUT2D eigenvalue weighted by Crippen LogP contribution is -2.41. The maximum Gasteiger partial charge on any atom is 0.319 e. The number of pyridine rings is 1. The SMILES string of the molecule is O=C(Nc1ccc(N2CCOCC2)nc1)NC(CO)Cc1ccccc1. The fourth-order valence-electron chi connectivity index (χ4n) is 2.85. The van der Waals surface area contributed by atoms with Gasteiger partial charge < -0.3 is 25.4 Å². The van der Waals surface area contributed by atoms with Gasteiger partial charge in [-0.05, 0) is 24.1 Å². The molecule has 7 heteroatoms. The Morgan fingerprint density at radius 1 is 1.19 bits per heavy atom. The first-order valence-corrected chi connectivity index (χ1v) is 8.75. The minimum absolute atomic E-state index is 0.128. The highest BCUT2D eigenvalue weighted by molar-refractivity contribution is 5.89. The Kier molecular flexibility index (Phi) is 6.40. The Morgan fingerprint density at radius 2 is 1.96 bits per heavy atom. The van der Waals surface area contributed by atoms with Crippen LogP contribution in [-0.2, 0) is 11.2 Å². The number of hydrogen-bond acceptors (Lipinski definition) is 5. The third-order valence-corrected chi connectivity index (χ3v) is 4.22. The van der Waals surface area contributed by atoms with Gasteiger partial charge in [0.05, 0.1) is 37.7 Å². The van der Waals surface area contributed by atoms with Crippen LogP contribution < -0.4 is 15.5 Å². The lowest BCUT2D eigenvalue weighted by Gasteiger charge is -2.27. The van der Waals surface area contributed by atoms with Gasteiger partial charge in [-0.3, -0.25) is 0 Å². The number of anilines is 2. The molecule has 1 aliphatic rings. The van der Waals surface area contributed by atoms with Gasteiger partial charge in [0.15, 0.2) is 0 Å². The Bertz CT molecular complexity index is 688. The number of nitrogens with one attached hydrogen (secondary N) is 2. The number of ether oxygens (including phenoxy) is 1. The maximum absolute atomic E-state index is 12.2. The summed E-state index contributed by atoms with van der Waals surface area (Å²) in [6.45, 7) is 2.91. The topological polar surface area (TPSA) is 86.7 Å². The van der Waals surface area contributed by atoms with Gasteiger partial charge in [-0.25, -0.2) is 9.78 Å². The molecule has 138 valence electrons. The van der Waals surface area contributed by atoms with E-state index in [1.165, 1.54) is 0 Å². The van der Waals surface area contributed by atoms with Crippen molar-refractivity contribution in [1.29, 1.82) is 0 Å². The van der Waals surface area contributed by atoms with Gasteiger partial charge in [-0.2, -0.15) is 0 Å². The van der Waals surface area contributed by atoms with Crippen LogP contribution in [0.5, 0.6) is 0 Å². The van der Waals surface area contributed by atoms with E-state index < -0.39 is 0 Å². The van der Waals surface area contributed by atoms with Crippen molar-refractivity contribution >= 4 is 17.5 Å².